The molecule has 0 radical (unpaired) electrons. The van der Waals surface area contributed by atoms with E-state index in [1.54, 1.807) is 0 Å². The van der Waals surface area contributed by atoms with Gasteiger partial charge in [-0.1, -0.05) is 46.6 Å². The lowest BCUT2D eigenvalue weighted by atomic mass is 10.0. The van der Waals surface area contributed by atoms with Crippen LogP contribution in [0.4, 0.5) is 0 Å². The van der Waals surface area contributed by atoms with Gasteiger partial charge in [-0.3, -0.25) is 0 Å². The molecular weight excluding hydrogens is 412 g/mol. The molecule has 0 saturated heterocycles. The lowest BCUT2D eigenvalue weighted by molar-refractivity contribution is 0.257. The van der Waals surface area contributed by atoms with Crippen LogP contribution in [-0.4, -0.2) is 20.7 Å². The highest BCUT2D eigenvalue weighted by Gasteiger charge is 2.32. The number of hydrogen-bond acceptors (Lipinski definition) is 3. The maximum atomic E-state index is 12.1. The van der Waals surface area contributed by atoms with E-state index in [0.29, 0.717) is 6.42 Å². The predicted octanol–water partition coefficient (Wildman–Crippen LogP) is 5.93. The molecule has 2 unspecified atom stereocenters. The van der Waals surface area contributed by atoms with Crippen molar-refractivity contribution in [3.8, 4) is 0 Å². The van der Waals surface area contributed by atoms with E-state index in [4.69, 9.17) is 9.79 Å². The van der Waals surface area contributed by atoms with Crippen molar-refractivity contribution in [1.82, 2.24) is 5.09 Å². The molecule has 9 heteroatoms. The molecule has 29 heavy (non-hydrogen) atoms. The summed E-state index contributed by atoms with van der Waals surface area (Å²) in [5.41, 5.74) is 4.61. The van der Waals surface area contributed by atoms with Gasteiger partial charge >= 0.3 is 15.6 Å². The highest BCUT2D eigenvalue weighted by molar-refractivity contribution is 7.62. The summed E-state index contributed by atoms with van der Waals surface area (Å²) in [5.74, 6) is 0. The number of phosphoric acid groups is 1. The monoisotopic (exact) mass is 449 g/mol. The highest BCUT2D eigenvalue weighted by Crippen LogP contribution is 2.54. The van der Waals surface area contributed by atoms with E-state index in [9.17, 15) is 14.0 Å². The molecule has 0 rings (SSSR count). The van der Waals surface area contributed by atoms with Crippen molar-refractivity contribution in [1.29, 1.82) is 0 Å². The molecule has 0 fully saturated rings. The zero-order valence-electron chi connectivity index (χ0n) is 18.4. The Hall–Kier alpha value is -0.780. The van der Waals surface area contributed by atoms with Crippen LogP contribution in [-0.2, 0) is 13.4 Å². The van der Waals surface area contributed by atoms with Crippen LogP contribution in [0.3, 0.4) is 0 Å². The quantitative estimate of drug-likeness (QED) is 0.203. The average molecular weight is 449 g/mol. The first kappa shape index (κ1) is 28.2. The van der Waals surface area contributed by atoms with Crippen molar-refractivity contribution >= 4 is 15.6 Å². The van der Waals surface area contributed by atoms with Crippen LogP contribution in [0.5, 0.6) is 0 Å². The van der Waals surface area contributed by atoms with E-state index in [1.165, 1.54) is 11.1 Å². The third-order valence-electron chi connectivity index (χ3n) is 3.93. The largest absolute Gasteiger partial charge is 0.477 e. The first-order valence-electron chi connectivity index (χ1n) is 9.67. The number of hydrogen-bond donors (Lipinski definition) is 4. The molecule has 0 aliphatic carbocycles. The first-order valence-corrected chi connectivity index (χ1v) is 12.8. The van der Waals surface area contributed by atoms with Crippen molar-refractivity contribution in [3.05, 3.63) is 46.6 Å². The van der Waals surface area contributed by atoms with Crippen molar-refractivity contribution in [2.45, 2.75) is 79.7 Å². The minimum atomic E-state index is -5.09. The summed E-state index contributed by atoms with van der Waals surface area (Å²) < 4.78 is 27.1. The Bertz CT molecular complexity index is 725. The second-order valence-electron chi connectivity index (χ2n) is 7.77. The molecule has 7 nitrogen and oxygen atoms in total. The Morgan fingerprint density at radius 1 is 0.862 bits per heavy atom. The smallest absolute Gasteiger partial charge is 0.312 e. The van der Waals surface area contributed by atoms with Gasteiger partial charge in [0.1, 0.15) is 0 Å². The molecule has 2 atom stereocenters. The molecular formula is C20H37NO6P2. The van der Waals surface area contributed by atoms with Crippen LogP contribution in [0, 0.1) is 0 Å². The SMILES string of the molecule is CC(C)=CCC/C(C)=C/CC(/C=C(\C)CCC=C(C)C)NP(=O)(O)OP(=O)(O)O. The Morgan fingerprint density at radius 2 is 1.34 bits per heavy atom. The molecule has 0 aromatic carbocycles. The summed E-state index contributed by atoms with van der Waals surface area (Å²) >= 11 is 0. The van der Waals surface area contributed by atoms with Crippen LogP contribution >= 0.6 is 15.6 Å². The fourth-order valence-electron chi connectivity index (χ4n) is 2.57. The van der Waals surface area contributed by atoms with Gasteiger partial charge in [0.25, 0.3) is 0 Å². The molecule has 0 saturated carbocycles. The molecule has 0 aliphatic heterocycles. The average Bonchev–Trinajstić information content (AvgIpc) is 2.49. The van der Waals surface area contributed by atoms with Crippen LogP contribution in [0.1, 0.15) is 73.6 Å². The maximum absolute atomic E-state index is 12.1. The summed E-state index contributed by atoms with van der Waals surface area (Å²) in [6.07, 6.45) is 11.9. The van der Waals surface area contributed by atoms with Crippen molar-refractivity contribution in [3.63, 3.8) is 0 Å². The van der Waals surface area contributed by atoms with Gasteiger partial charge < -0.3 is 14.7 Å². The lowest BCUT2D eigenvalue weighted by Gasteiger charge is -2.20. The maximum Gasteiger partial charge on any atom is 0.477 e. The highest BCUT2D eigenvalue weighted by atomic mass is 31.3. The summed E-state index contributed by atoms with van der Waals surface area (Å²) in [7, 11) is -9.77. The Morgan fingerprint density at radius 3 is 1.79 bits per heavy atom. The zero-order valence-corrected chi connectivity index (χ0v) is 20.2. The predicted molar refractivity (Wildman–Crippen MR) is 119 cm³/mol. The van der Waals surface area contributed by atoms with Gasteiger partial charge in [0.05, 0.1) is 0 Å². The first-order chi connectivity index (χ1) is 13.2. The molecule has 0 bridgehead atoms. The molecule has 0 aromatic heterocycles. The molecule has 0 heterocycles. The second kappa shape index (κ2) is 13.5. The van der Waals surface area contributed by atoms with E-state index < -0.39 is 21.6 Å². The lowest BCUT2D eigenvalue weighted by Crippen LogP contribution is -2.25. The van der Waals surface area contributed by atoms with E-state index in [0.717, 1.165) is 36.8 Å². The summed E-state index contributed by atoms with van der Waals surface area (Å²) in [5, 5.41) is 2.36. The molecule has 4 N–H and O–H groups in total. The van der Waals surface area contributed by atoms with Crippen molar-refractivity contribution < 1.29 is 28.1 Å². The summed E-state index contributed by atoms with van der Waals surface area (Å²) in [4.78, 5) is 27.5. The van der Waals surface area contributed by atoms with Gasteiger partial charge in [0.15, 0.2) is 0 Å². The topological polar surface area (TPSA) is 116 Å². The van der Waals surface area contributed by atoms with Crippen LogP contribution in [0.2, 0.25) is 0 Å². The van der Waals surface area contributed by atoms with Gasteiger partial charge in [0, 0.05) is 6.04 Å². The van der Waals surface area contributed by atoms with Gasteiger partial charge in [-0.2, -0.15) is 4.31 Å². The Balaban J connectivity index is 5.27. The van der Waals surface area contributed by atoms with Gasteiger partial charge in [0.2, 0.25) is 0 Å². The molecule has 0 spiro atoms. The van der Waals surface area contributed by atoms with E-state index >= 15 is 0 Å². The number of nitrogens with one attached hydrogen (secondary N) is 1. The van der Waals surface area contributed by atoms with E-state index in [-0.39, 0.29) is 0 Å². The fraction of sp³-hybridized carbons (Fsp3) is 0.600. The van der Waals surface area contributed by atoms with E-state index in [2.05, 4.69) is 21.5 Å². The third-order valence-corrected chi connectivity index (χ3v) is 6.33. The van der Waals surface area contributed by atoms with Gasteiger partial charge in [-0.05, 0) is 73.6 Å². The fourth-order valence-corrected chi connectivity index (χ4v) is 4.51. The summed E-state index contributed by atoms with van der Waals surface area (Å²) in [6, 6.07) is -0.595. The Kier molecular flexibility index (Phi) is 13.1. The van der Waals surface area contributed by atoms with Gasteiger partial charge in [-0.15, -0.1) is 0 Å². The van der Waals surface area contributed by atoms with Crippen molar-refractivity contribution in [2.75, 3.05) is 0 Å². The number of allylic oxidation sites excluding steroid dienone is 6. The van der Waals surface area contributed by atoms with Crippen LogP contribution < -0.4 is 5.09 Å². The molecule has 168 valence electrons. The van der Waals surface area contributed by atoms with Crippen LogP contribution in [0.15, 0.2) is 46.6 Å². The van der Waals surface area contributed by atoms with Gasteiger partial charge in [-0.25, -0.2) is 14.2 Å². The minimum Gasteiger partial charge on any atom is -0.312 e. The number of rotatable bonds is 13. The van der Waals surface area contributed by atoms with E-state index in [1.807, 2.05) is 53.7 Å². The molecule has 0 aliphatic rings. The normalized spacial score (nSPS) is 16.2. The van der Waals surface area contributed by atoms with Crippen molar-refractivity contribution in [2.24, 2.45) is 0 Å². The molecule has 0 aromatic rings. The minimum absolute atomic E-state index is 0.399. The second-order valence-corrected chi connectivity index (χ2v) is 10.7. The third kappa shape index (κ3) is 17.8. The standard InChI is InChI=1S/C20H37NO6P2/c1-16(2)9-7-11-18(5)13-14-20(15-19(6)12-8-10-17(3)4)21-28(22,23)27-29(24,25)26/h9-10,13,15,20H,7-8,11-12,14H2,1-6H3,(H2,21,22,23)(H2,24,25,26)/b18-13+,19-15+. The summed E-state index contributed by atoms with van der Waals surface area (Å²) in [6.45, 7) is 12.0. The molecule has 0 amide bonds. The van der Waals surface area contributed by atoms with Crippen LogP contribution in [0.25, 0.3) is 0 Å². The Labute approximate surface area is 175 Å². The zero-order chi connectivity index (χ0) is 22.7.